The molecule has 0 heterocycles. The molecule has 2 nitrogen and oxygen atoms in total. The Morgan fingerprint density at radius 1 is 1.75 bits per heavy atom. The Morgan fingerprint density at radius 2 is 2.00 bits per heavy atom. The maximum absolute atomic E-state index is 8.87. The summed E-state index contributed by atoms with van der Waals surface area (Å²) >= 11 is 0. The molecule has 0 saturated heterocycles. The van der Waals surface area contributed by atoms with Gasteiger partial charge in [0.1, 0.15) is 6.61 Å². The number of rotatable bonds is 1. The van der Waals surface area contributed by atoms with Crippen LogP contribution in [0.15, 0.2) is 0 Å². The number of carbonyl (C=O) groups is 1. The van der Waals surface area contributed by atoms with Crippen molar-refractivity contribution < 1.29 is 9.90 Å². The fourth-order valence-electron chi connectivity index (χ4n) is 0. The van der Waals surface area contributed by atoms with Crippen molar-refractivity contribution in [2.45, 2.75) is 0 Å². The van der Waals surface area contributed by atoms with Gasteiger partial charge in [-0.1, -0.05) is 0 Å². The molecule has 0 aromatic rings. The Hall–Kier alpha value is -0.370. The highest BCUT2D eigenvalue weighted by atomic mass is 16.3. The Labute approximate surface area is 24.1 Å². The minimum atomic E-state index is 0.306. The minimum Gasteiger partial charge on any atom is -0.382 e. The number of aldehydes is 1. The summed E-state index contributed by atoms with van der Waals surface area (Å²) in [6.45, 7) is 0.444. The van der Waals surface area contributed by atoms with Gasteiger partial charge in [-0.15, -0.1) is 0 Å². The molecular formula is C2H3O2. The number of aliphatic hydroxyl groups is 1. The summed E-state index contributed by atoms with van der Waals surface area (Å²) < 4.78 is 0. The second kappa shape index (κ2) is 2.63. The molecule has 0 aromatic carbocycles. The van der Waals surface area contributed by atoms with Crippen LogP contribution in [0, 0.1) is 6.61 Å². The molecule has 4 heavy (non-hydrogen) atoms. The highest BCUT2D eigenvalue weighted by Gasteiger charge is 1.55. The second-order valence-corrected chi connectivity index (χ2v) is 0.285. The molecule has 0 aromatic heterocycles. The average Bonchev–Trinajstić information content (AvgIpc) is 1.37. The molecule has 0 unspecified atom stereocenters. The average molecular weight is 59.0 g/mol. The molecule has 0 fully saturated rings. The summed E-state index contributed by atoms with van der Waals surface area (Å²) in [5.41, 5.74) is 0. The van der Waals surface area contributed by atoms with Gasteiger partial charge in [-0.2, -0.15) is 0 Å². The van der Waals surface area contributed by atoms with E-state index in [0.717, 1.165) is 0 Å². The van der Waals surface area contributed by atoms with Gasteiger partial charge >= 0.3 is 0 Å². The zero-order valence-corrected chi connectivity index (χ0v) is 2.01. The van der Waals surface area contributed by atoms with E-state index >= 15 is 0 Å². The van der Waals surface area contributed by atoms with E-state index in [1.54, 1.807) is 0 Å². The van der Waals surface area contributed by atoms with E-state index in [1.165, 1.54) is 0 Å². The third kappa shape index (κ3) is 1.63. The number of hydrogen-bond acceptors (Lipinski definition) is 2. The van der Waals surface area contributed by atoms with Crippen LogP contribution < -0.4 is 0 Å². The van der Waals surface area contributed by atoms with Gasteiger partial charge < -0.3 is 9.90 Å². The van der Waals surface area contributed by atoms with Gasteiger partial charge in [0.25, 0.3) is 0 Å². The smallest absolute Gasteiger partial charge is 0.151 e. The Bertz CT molecular complexity index is 18.0. The van der Waals surface area contributed by atoms with E-state index in [1.807, 2.05) is 0 Å². The van der Waals surface area contributed by atoms with Gasteiger partial charge in [-0.3, -0.25) is 0 Å². The molecule has 1 N–H and O–H groups in total. The maximum atomic E-state index is 8.87. The molecular weight excluding hydrogens is 56.0 g/mol. The number of aliphatic hydroxyl groups excluding tert-OH is 1. The summed E-state index contributed by atoms with van der Waals surface area (Å²) in [4.78, 5) is 8.87. The van der Waals surface area contributed by atoms with Crippen molar-refractivity contribution in [1.82, 2.24) is 0 Å². The van der Waals surface area contributed by atoms with Crippen LogP contribution in [-0.4, -0.2) is 11.4 Å². The first-order valence-corrected chi connectivity index (χ1v) is 0.827. The van der Waals surface area contributed by atoms with E-state index in [0.29, 0.717) is 12.9 Å². The molecule has 0 spiro atoms. The van der Waals surface area contributed by atoms with Crippen LogP contribution in [0.2, 0.25) is 0 Å². The van der Waals surface area contributed by atoms with Crippen LogP contribution in [-0.2, 0) is 4.79 Å². The molecule has 0 aliphatic heterocycles. The zero-order valence-electron chi connectivity index (χ0n) is 2.01. The van der Waals surface area contributed by atoms with Crippen LogP contribution in [0.25, 0.3) is 0 Å². The molecule has 1 radical (unpaired) electrons. The van der Waals surface area contributed by atoms with Gasteiger partial charge in [-0.05, 0) is 0 Å². The van der Waals surface area contributed by atoms with Crippen LogP contribution in [0.1, 0.15) is 0 Å². The molecule has 0 aliphatic rings. The fraction of sp³-hybridized carbons (Fsp3) is 0. The van der Waals surface area contributed by atoms with Crippen molar-refractivity contribution in [1.29, 1.82) is 0 Å². The van der Waals surface area contributed by atoms with Crippen molar-refractivity contribution in [2.24, 2.45) is 0 Å². The normalized spacial score (nSPS) is 6.25. The maximum Gasteiger partial charge on any atom is 0.151 e. The van der Waals surface area contributed by atoms with Gasteiger partial charge in [-0.25, -0.2) is 0 Å². The molecule has 0 rings (SSSR count). The standard InChI is InChI=1S/C2H3O2/c3-1-2-4/h1-3H. The molecule has 2 heteroatoms. The monoisotopic (exact) mass is 59.0 g/mol. The SMILES string of the molecule is O=C[CH]O. The zero-order chi connectivity index (χ0) is 3.41. The fourth-order valence-corrected chi connectivity index (χ4v) is 0. The third-order valence-corrected chi connectivity index (χ3v) is 0.0609. The van der Waals surface area contributed by atoms with Gasteiger partial charge in [0.05, 0.1) is 0 Å². The largest absolute Gasteiger partial charge is 0.382 e. The predicted molar refractivity (Wildman–Crippen MR) is 12.3 cm³/mol. The van der Waals surface area contributed by atoms with E-state index < -0.39 is 0 Å². The third-order valence-electron chi connectivity index (χ3n) is 0.0609. The molecule has 0 bridgehead atoms. The Morgan fingerprint density at radius 3 is 2.00 bits per heavy atom. The van der Waals surface area contributed by atoms with Crippen LogP contribution >= 0.6 is 0 Å². The number of carbonyl (C=O) groups excluding carboxylic acids is 1. The minimum absolute atomic E-state index is 0.306. The van der Waals surface area contributed by atoms with Crippen LogP contribution in [0.5, 0.6) is 0 Å². The summed E-state index contributed by atoms with van der Waals surface area (Å²) in [6.07, 6.45) is 0.306. The van der Waals surface area contributed by atoms with Crippen molar-refractivity contribution >= 4 is 6.29 Å². The van der Waals surface area contributed by atoms with Crippen LogP contribution in [0.4, 0.5) is 0 Å². The Kier molecular flexibility index (Phi) is 2.39. The summed E-state index contributed by atoms with van der Waals surface area (Å²) in [6, 6.07) is 0. The van der Waals surface area contributed by atoms with E-state index in [2.05, 4.69) is 0 Å². The second-order valence-electron chi connectivity index (χ2n) is 0.285. The number of hydrogen-bond donors (Lipinski definition) is 1. The van der Waals surface area contributed by atoms with Crippen molar-refractivity contribution in [3.63, 3.8) is 0 Å². The van der Waals surface area contributed by atoms with E-state index in [9.17, 15) is 0 Å². The highest BCUT2D eigenvalue weighted by Crippen LogP contribution is 1.41. The first kappa shape index (κ1) is 3.63. The summed E-state index contributed by atoms with van der Waals surface area (Å²) in [7, 11) is 0. The van der Waals surface area contributed by atoms with Crippen molar-refractivity contribution in [3.05, 3.63) is 6.61 Å². The lowest BCUT2D eigenvalue weighted by Gasteiger charge is -1.52. The molecule has 0 atom stereocenters. The van der Waals surface area contributed by atoms with E-state index in [4.69, 9.17) is 9.90 Å². The molecule has 0 amide bonds. The molecule has 23 valence electrons. The first-order chi connectivity index (χ1) is 1.91. The lowest BCUT2D eigenvalue weighted by Crippen LogP contribution is -1.64. The molecule has 0 saturated carbocycles. The van der Waals surface area contributed by atoms with E-state index in [-0.39, 0.29) is 0 Å². The van der Waals surface area contributed by atoms with Crippen molar-refractivity contribution in [2.75, 3.05) is 0 Å². The Balaban J connectivity index is 2.30. The lowest BCUT2D eigenvalue weighted by molar-refractivity contribution is -0.107. The predicted octanol–water partition coefficient (Wildman–Crippen LogP) is -0.280. The summed E-state index contributed by atoms with van der Waals surface area (Å²) in [5, 5.41) is 7.38. The lowest BCUT2D eigenvalue weighted by atomic mass is 10.9. The first-order valence-electron chi connectivity index (χ1n) is 0.827. The van der Waals surface area contributed by atoms with Gasteiger partial charge in [0.15, 0.2) is 6.29 Å². The molecule has 0 aliphatic carbocycles. The van der Waals surface area contributed by atoms with Crippen LogP contribution in [0.3, 0.4) is 0 Å². The van der Waals surface area contributed by atoms with Gasteiger partial charge in [0.2, 0.25) is 0 Å². The van der Waals surface area contributed by atoms with Gasteiger partial charge in [0, 0.05) is 0 Å². The van der Waals surface area contributed by atoms with Crippen molar-refractivity contribution in [3.8, 4) is 0 Å². The summed E-state index contributed by atoms with van der Waals surface area (Å²) in [5.74, 6) is 0. The topological polar surface area (TPSA) is 37.3 Å². The quantitative estimate of drug-likeness (QED) is 0.422. The highest BCUT2D eigenvalue weighted by molar-refractivity contribution is 5.57.